The molecule has 1 spiro atoms. The van der Waals surface area contributed by atoms with Crippen LogP contribution in [-0.2, 0) is 16.1 Å². The minimum atomic E-state index is -0.995. The molecule has 0 aliphatic carbocycles. The number of furan rings is 1. The first-order valence-electron chi connectivity index (χ1n) is 8.83. The van der Waals surface area contributed by atoms with Gasteiger partial charge in [0.1, 0.15) is 11.7 Å². The number of aliphatic hydroxyl groups is 2. The van der Waals surface area contributed by atoms with Gasteiger partial charge >= 0.3 is 0 Å². The van der Waals surface area contributed by atoms with E-state index in [9.17, 15) is 15.0 Å². The first-order valence-corrected chi connectivity index (χ1v) is 8.83. The normalized spacial score (nSPS) is 25.3. The third-order valence-corrected chi connectivity index (χ3v) is 5.61. The van der Waals surface area contributed by atoms with Crippen LogP contribution in [-0.4, -0.2) is 65.6 Å². The smallest absolute Gasteiger partial charge is 0.290 e. The number of fused-ring (bicyclic) bond motifs is 1. The van der Waals surface area contributed by atoms with Crippen molar-refractivity contribution in [2.24, 2.45) is 0 Å². The molecule has 2 saturated heterocycles. The Hall–Kier alpha value is -1.93. The maximum Gasteiger partial charge on any atom is 0.290 e. The molecule has 1 aromatic heterocycles. The number of likely N-dealkylation sites (tertiary alicyclic amines) is 1. The Labute approximate surface area is 151 Å². The molecule has 140 valence electrons. The molecule has 1 amide bonds. The van der Waals surface area contributed by atoms with Crippen LogP contribution in [0.3, 0.4) is 0 Å². The molecule has 0 bridgehead atoms. The van der Waals surface area contributed by atoms with Gasteiger partial charge in [-0.15, -0.1) is 0 Å². The average molecular weight is 361 g/mol. The summed E-state index contributed by atoms with van der Waals surface area (Å²) in [7, 11) is 1.57. The molecule has 7 nitrogen and oxygen atoms in total. The second-order valence-corrected chi connectivity index (χ2v) is 6.98. The van der Waals surface area contributed by atoms with Gasteiger partial charge in [0.2, 0.25) is 0 Å². The zero-order valence-corrected chi connectivity index (χ0v) is 14.7. The van der Waals surface area contributed by atoms with E-state index in [1.54, 1.807) is 12.0 Å². The summed E-state index contributed by atoms with van der Waals surface area (Å²) >= 11 is 0. The first kappa shape index (κ1) is 17.5. The predicted octanol–water partition coefficient (Wildman–Crippen LogP) is 1.31. The van der Waals surface area contributed by atoms with E-state index < -0.39 is 17.7 Å². The SMILES string of the molecule is COCc1c(C(=O)N2C[C@@H](O)[C@@H](O)C23CCOCC3)oc2ccccc12. The quantitative estimate of drug-likeness (QED) is 0.856. The van der Waals surface area contributed by atoms with E-state index in [4.69, 9.17) is 13.9 Å². The third-order valence-electron chi connectivity index (χ3n) is 5.61. The highest BCUT2D eigenvalue weighted by Crippen LogP contribution is 2.40. The van der Waals surface area contributed by atoms with Crippen LogP contribution in [0.5, 0.6) is 0 Å². The summed E-state index contributed by atoms with van der Waals surface area (Å²) in [5, 5.41) is 21.7. The summed E-state index contributed by atoms with van der Waals surface area (Å²) in [5.74, 6) is -0.119. The van der Waals surface area contributed by atoms with Gasteiger partial charge in [-0.25, -0.2) is 0 Å². The van der Waals surface area contributed by atoms with E-state index in [-0.39, 0.29) is 24.8 Å². The lowest BCUT2D eigenvalue weighted by molar-refractivity contribution is -0.0638. The van der Waals surface area contributed by atoms with Crippen LogP contribution in [0.25, 0.3) is 11.0 Å². The summed E-state index contributed by atoms with van der Waals surface area (Å²) in [6.07, 6.45) is -1.01. The first-order chi connectivity index (χ1) is 12.6. The van der Waals surface area contributed by atoms with E-state index in [0.29, 0.717) is 37.2 Å². The number of amides is 1. The monoisotopic (exact) mass is 361 g/mol. The molecule has 4 rings (SSSR count). The minimum Gasteiger partial charge on any atom is -0.451 e. The lowest BCUT2D eigenvalue weighted by Gasteiger charge is -2.42. The van der Waals surface area contributed by atoms with Crippen LogP contribution in [0.4, 0.5) is 0 Å². The van der Waals surface area contributed by atoms with Crippen molar-refractivity contribution in [3.63, 3.8) is 0 Å². The van der Waals surface area contributed by atoms with Crippen molar-refractivity contribution in [3.05, 3.63) is 35.6 Å². The number of β-amino-alcohol motifs (C(OH)–C–C–N with tert-alkyl or cyclic N) is 1. The maximum atomic E-state index is 13.4. The molecule has 2 aromatic rings. The van der Waals surface area contributed by atoms with Crippen LogP contribution in [0.2, 0.25) is 0 Å². The zero-order chi connectivity index (χ0) is 18.3. The molecule has 7 heteroatoms. The lowest BCUT2D eigenvalue weighted by Crippen LogP contribution is -2.56. The number of aliphatic hydroxyl groups excluding tert-OH is 2. The molecule has 2 N–H and O–H groups in total. The van der Waals surface area contributed by atoms with E-state index in [0.717, 1.165) is 5.39 Å². The third kappa shape index (κ3) is 2.54. The number of carbonyl (C=O) groups excluding carboxylic acids is 1. The molecule has 0 saturated carbocycles. The van der Waals surface area contributed by atoms with Crippen molar-refractivity contribution < 1.29 is 28.9 Å². The minimum absolute atomic E-state index is 0.0729. The van der Waals surface area contributed by atoms with Crippen LogP contribution in [0.15, 0.2) is 28.7 Å². The average Bonchev–Trinajstić information content (AvgIpc) is 3.14. The van der Waals surface area contributed by atoms with Gasteiger partial charge in [0.15, 0.2) is 5.76 Å². The fourth-order valence-electron chi connectivity index (χ4n) is 4.24. The van der Waals surface area contributed by atoms with Crippen LogP contribution < -0.4 is 0 Å². The van der Waals surface area contributed by atoms with Crippen molar-refractivity contribution in [3.8, 4) is 0 Å². The number of para-hydroxylation sites is 1. The Bertz CT molecular complexity index is 809. The predicted molar refractivity (Wildman–Crippen MR) is 92.8 cm³/mol. The molecule has 0 unspecified atom stereocenters. The molecule has 1 aromatic carbocycles. The zero-order valence-electron chi connectivity index (χ0n) is 14.7. The topological polar surface area (TPSA) is 92.4 Å². The van der Waals surface area contributed by atoms with Gasteiger partial charge in [0, 0.05) is 31.3 Å². The second-order valence-electron chi connectivity index (χ2n) is 6.98. The highest BCUT2D eigenvalue weighted by atomic mass is 16.5. The van der Waals surface area contributed by atoms with Gasteiger partial charge in [-0.2, -0.15) is 0 Å². The van der Waals surface area contributed by atoms with Gasteiger partial charge in [-0.3, -0.25) is 4.79 Å². The molecule has 2 fully saturated rings. The molecular weight excluding hydrogens is 338 g/mol. The molecular formula is C19H23NO6. The fraction of sp³-hybridized carbons (Fsp3) is 0.526. The van der Waals surface area contributed by atoms with Gasteiger partial charge in [-0.05, 0) is 18.9 Å². The van der Waals surface area contributed by atoms with Crippen LogP contribution >= 0.6 is 0 Å². The van der Waals surface area contributed by atoms with Gasteiger partial charge in [0.25, 0.3) is 5.91 Å². The number of benzene rings is 1. The Morgan fingerprint density at radius 3 is 2.77 bits per heavy atom. The molecule has 26 heavy (non-hydrogen) atoms. The number of carbonyl (C=O) groups is 1. The van der Waals surface area contributed by atoms with E-state index >= 15 is 0 Å². The summed E-state index contributed by atoms with van der Waals surface area (Å²) < 4.78 is 16.6. The number of methoxy groups -OCH3 is 1. The number of hydrogen-bond acceptors (Lipinski definition) is 6. The van der Waals surface area contributed by atoms with Crippen LogP contribution in [0, 0.1) is 0 Å². The fourth-order valence-corrected chi connectivity index (χ4v) is 4.24. The van der Waals surface area contributed by atoms with E-state index in [2.05, 4.69) is 0 Å². The maximum absolute atomic E-state index is 13.4. The van der Waals surface area contributed by atoms with Gasteiger partial charge in [0.05, 0.1) is 24.8 Å². The van der Waals surface area contributed by atoms with Crippen molar-refractivity contribution >= 4 is 16.9 Å². The molecule has 2 aliphatic heterocycles. The molecule has 0 radical (unpaired) electrons. The number of hydrogen-bond donors (Lipinski definition) is 2. The Morgan fingerprint density at radius 1 is 1.31 bits per heavy atom. The summed E-state index contributed by atoms with van der Waals surface area (Å²) in [4.78, 5) is 15.0. The van der Waals surface area contributed by atoms with Crippen molar-refractivity contribution in [1.82, 2.24) is 4.90 Å². The number of ether oxygens (including phenoxy) is 2. The van der Waals surface area contributed by atoms with Crippen molar-refractivity contribution in [2.45, 2.75) is 37.2 Å². The number of nitrogens with zero attached hydrogens (tertiary/aromatic N) is 1. The largest absolute Gasteiger partial charge is 0.451 e. The Morgan fingerprint density at radius 2 is 2.04 bits per heavy atom. The van der Waals surface area contributed by atoms with E-state index in [1.807, 2.05) is 24.3 Å². The highest BCUT2D eigenvalue weighted by molar-refractivity contribution is 5.99. The standard InChI is InChI=1S/C19H23NO6/c1-24-11-13-12-4-2-3-5-15(12)26-16(13)18(23)20-10-14(21)17(22)19(20)6-8-25-9-7-19/h2-5,14,17,21-22H,6-11H2,1H3/t14-,17-/m1/s1. The summed E-state index contributed by atoms with van der Waals surface area (Å²) in [5.41, 5.74) is 0.480. The molecule has 2 aliphatic rings. The van der Waals surface area contributed by atoms with Crippen LogP contribution in [0.1, 0.15) is 29.0 Å². The van der Waals surface area contributed by atoms with Gasteiger partial charge in [-0.1, -0.05) is 18.2 Å². The van der Waals surface area contributed by atoms with Gasteiger partial charge < -0.3 is 29.0 Å². The Balaban J connectivity index is 1.77. The summed E-state index contributed by atoms with van der Waals surface area (Å²) in [6.45, 7) is 1.20. The molecule has 2 atom stereocenters. The van der Waals surface area contributed by atoms with Crippen molar-refractivity contribution in [1.29, 1.82) is 0 Å². The van der Waals surface area contributed by atoms with E-state index in [1.165, 1.54) is 0 Å². The molecule has 3 heterocycles. The highest BCUT2D eigenvalue weighted by Gasteiger charge is 2.56. The summed E-state index contributed by atoms with van der Waals surface area (Å²) in [6, 6.07) is 7.43. The Kier molecular flexibility index (Phi) is 4.48. The second kappa shape index (κ2) is 6.66. The van der Waals surface area contributed by atoms with Crippen molar-refractivity contribution in [2.75, 3.05) is 26.9 Å². The lowest BCUT2D eigenvalue weighted by atomic mass is 9.84. The number of rotatable bonds is 3.